The fourth-order valence-corrected chi connectivity index (χ4v) is 5.22. The molecule has 1 nitrogen and oxygen atoms in total. The zero-order valence-corrected chi connectivity index (χ0v) is 20.6. The van der Waals surface area contributed by atoms with Crippen molar-refractivity contribution in [3.05, 3.63) is 0 Å². The van der Waals surface area contributed by atoms with Crippen molar-refractivity contribution in [2.45, 2.75) is 115 Å². The minimum atomic E-state index is -5.42. The van der Waals surface area contributed by atoms with Crippen molar-refractivity contribution in [3.63, 3.8) is 0 Å². The van der Waals surface area contributed by atoms with Crippen LogP contribution in [0.5, 0.6) is 0 Å². The Labute approximate surface area is 195 Å². The summed E-state index contributed by atoms with van der Waals surface area (Å²) in [6, 6.07) is 0. The first-order valence-corrected chi connectivity index (χ1v) is 14.3. The largest absolute Gasteiger partial charge is 0.453 e. The van der Waals surface area contributed by atoms with Gasteiger partial charge in [0.05, 0.1) is 0 Å². The van der Waals surface area contributed by atoms with E-state index in [2.05, 4.69) is 11.8 Å². The summed E-state index contributed by atoms with van der Waals surface area (Å²) < 4.78 is 61.6. The lowest BCUT2D eigenvalue weighted by atomic mass is 10.1. The Morgan fingerprint density at radius 1 is 0.452 bits per heavy atom. The summed E-state index contributed by atoms with van der Waals surface area (Å²) >= 11 is 3.54. The molecule has 0 saturated carbocycles. The third-order valence-corrected chi connectivity index (χ3v) is 7.53. The number of aliphatic hydroxyl groups is 1. The van der Waals surface area contributed by atoms with Gasteiger partial charge in [-0.3, -0.25) is 0 Å². The van der Waals surface area contributed by atoms with E-state index in [1.54, 1.807) is 0 Å². The molecule has 0 bridgehead atoms. The number of halogens is 5. The van der Waals surface area contributed by atoms with Crippen LogP contribution in [0.15, 0.2) is 0 Å². The van der Waals surface area contributed by atoms with Crippen LogP contribution in [-0.4, -0.2) is 46.8 Å². The minimum absolute atomic E-state index is 0.0966. The normalized spacial score (nSPS) is 12.6. The molecule has 0 aliphatic heterocycles. The molecule has 188 valence electrons. The molecule has 31 heavy (non-hydrogen) atoms. The van der Waals surface area contributed by atoms with Gasteiger partial charge < -0.3 is 5.11 Å². The van der Waals surface area contributed by atoms with Gasteiger partial charge in [-0.25, -0.2) is 0 Å². The van der Waals surface area contributed by atoms with Crippen molar-refractivity contribution in [1.29, 1.82) is 0 Å². The number of rotatable bonds is 23. The van der Waals surface area contributed by atoms with Gasteiger partial charge in [0.15, 0.2) is 0 Å². The van der Waals surface area contributed by atoms with E-state index >= 15 is 0 Å². The van der Waals surface area contributed by atoms with Gasteiger partial charge in [-0.05, 0) is 55.1 Å². The van der Waals surface area contributed by atoms with E-state index in [1.165, 1.54) is 87.5 Å². The second kappa shape index (κ2) is 20.9. The maximum absolute atomic E-state index is 12.7. The fourth-order valence-electron chi connectivity index (χ4n) is 3.23. The molecule has 0 aromatic heterocycles. The van der Waals surface area contributed by atoms with E-state index in [-0.39, 0.29) is 6.42 Å². The molecule has 0 aliphatic rings. The van der Waals surface area contributed by atoms with Gasteiger partial charge in [0.1, 0.15) is 0 Å². The lowest BCUT2D eigenvalue weighted by molar-refractivity contribution is -0.284. The van der Waals surface area contributed by atoms with Crippen LogP contribution in [0, 0.1) is 0 Å². The Hall–Kier alpha value is 0.310. The summed E-state index contributed by atoms with van der Waals surface area (Å²) in [6.07, 6.45) is 10.3. The Morgan fingerprint density at radius 3 is 1.13 bits per heavy atom. The Balaban J connectivity index is 3.16. The molecule has 0 saturated heterocycles. The average Bonchev–Trinajstić information content (AvgIpc) is 2.71. The Bertz CT molecular complexity index is 381. The number of alkyl halides is 5. The SMILES string of the molecule is OCCCCCCCCCSCCCCCCCCCSCCCC(F)(F)C(F)(F)F. The second-order valence-corrected chi connectivity index (χ2v) is 10.7. The van der Waals surface area contributed by atoms with E-state index < -0.39 is 18.5 Å². The molecule has 8 heteroatoms. The van der Waals surface area contributed by atoms with Gasteiger partial charge in [-0.2, -0.15) is 45.5 Å². The highest BCUT2D eigenvalue weighted by Gasteiger charge is 2.56. The highest BCUT2D eigenvalue weighted by atomic mass is 32.2. The molecule has 0 unspecified atom stereocenters. The fraction of sp³-hybridized carbons (Fsp3) is 1.00. The summed E-state index contributed by atoms with van der Waals surface area (Å²) in [4.78, 5) is 0. The molecule has 0 atom stereocenters. The number of aliphatic hydroxyl groups excluding tert-OH is 1. The zero-order chi connectivity index (χ0) is 23.3. The summed E-state index contributed by atoms with van der Waals surface area (Å²) in [7, 11) is 0. The summed E-state index contributed by atoms with van der Waals surface area (Å²) in [5, 5.41) is 8.72. The first-order valence-electron chi connectivity index (χ1n) is 12.0. The first-order chi connectivity index (χ1) is 14.8. The second-order valence-electron chi connectivity index (χ2n) is 8.20. The molecular formula is C23H43F5OS2. The van der Waals surface area contributed by atoms with Gasteiger partial charge in [0.2, 0.25) is 0 Å². The molecule has 1 N–H and O–H groups in total. The van der Waals surface area contributed by atoms with E-state index in [4.69, 9.17) is 5.11 Å². The van der Waals surface area contributed by atoms with Crippen LogP contribution in [0.2, 0.25) is 0 Å². The summed E-state index contributed by atoms with van der Waals surface area (Å²) in [6.45, 7) is 0.322. The van der Waals surface area contributed by atoms with Crippen molar-refractivity contribution < 1.29 is 27.1 Å². The van der Waals surface area contributed by atoms with Crippen LogP contribution in [0.25, 0.3) is 0 Å². The molecule has 0 aliphatic carbocycles. The van der Waals surface area contributed by atoms with E-state index in [9.17, 15) is 22.0 Å². The maximum Gasteiger partial charge on any atom is 0.453 e. The predicted octanol–water partition coefficient (Wildman–Crippen LogP) is 8.88. The topological polar surface area (TPSA) is 20.2 Å². The van der Waals surface area contributed by atoms with Gasteiger partial charge in [0, 0.05) is 13.0 Å². The summed E-state index contributed by atoms with van der Waals surface area (Å²) in [5.74, 6) is -0.819. The van der Waals surface area contributed by atoms with Crippen LogP contribution in [-0.2, 0) is 0 Å². The molecule has 0 aromatic rings. The predicted molar refractivity (Wildman–Crippen MR) is 127 cm³/mol. The van der Waals surface area contributed by atoms with Gasteiger partial charge in [-0.15, -0.1) is 0 Å². The third-order valence-electron chi connectivity index (χ3n) is 5.22. The minimum Gasteiger partial charge on any atom is -0.396 e. The highest BCUT2D eigenvalue weighted by molar-refractivity contribution is 7.99. The Kier molecular flexibility index (Phi) is 21.1. The third kappa shape index (κ3) is 20.6. The molecule has 0 heterocycles. The number of thioether (sulfide) groups is 2. The van der Waals surface area contributed by atoms with Crippen LogP contribution in [0.3, 0.4) is 0 Å². The molecule has 0 spiro atoms. The first kappa shape index (κ1) is 31.3. The molecular weight excluding hydrogens is 451 g/mol. The number of hydrogen-bond acceptors (Lipinski definition) is 3. The van der Waals surface area contributed by atoms with Crippen molar-refractivity contribution >= 4 is 23.5 Å². The van der Waals surface area contributed by atoms with Crippen LogP contribution in [0.1, 0.15) is 103 Å². The van der Waals surface area contributed by atoms with Crippen molar-refractivity contribution in [3.8, 4) is 0 Å². The highest BCUT2D eigenvalue weighted by Crippen LogP contribution is 2.39. The standard InChI is InChI=1S/C23H43F5OS2/c24-22(25,23(26,27)28)16-15-21-31-20-14-10-6-2-5-9-13-19-30-18-12-8-4-1-3-7-11-17-29/h29H,1-21H2. The molecule has 0 aromatic carbocycles. The molecule has 0 amide bonds. The Morgan fingerprint density at radius 2 is 0.774 bits per heavy atom. The maximum atomic E-state index is 12.7. The van der Waals surface area contributed by atoms with Crippen LogP contribution >= 0.6 is 23.5 Å². The van der Waals surface area contributed by atoms with E-state index in [1.807, 2.05) is 0 Å². The lowest BCUT2D eigenvalue weighted by Gasteiger charge is -2.19. The molecule has 0 fully saturated rings. The molecule has 0 rings (SSSR count). The van der Waals surface area contributed by atoms with E-state index in [0.29, 0.717) is 12.4 Å². The van der Waals surface area contributed by atoms with Gasteiger partial charge in [0.25, 0.3) is 0 Å². The smallest absolute Gasteiger partial charge is 0.396 e. The van der Waals surface area contributed by atoms with Gasteiger partial charge >= 0.3 is 12.1 Å². The van der Waals surface area contributed by atoms with Crippen molar-refractivity contribution in [2.75, 3.05) is 29.6 Å². The summed E-state index contributed by atoms with van der Waals surface area (Å²) in [5.41, 5.74) is 0. The monoisotopic (exact) mass is 494 g/mol. The van der Waals surface area contributed by atoms with E-state index in [0.717, 1.165) is 31.4 Å². The van der Waals surface area contributed by atoms with Crippen molar-refractivity contribution in [2.24, 2.45) is 0 Å². The van der Waals surface area contributed by atoms with Crippen LogP contribution < -0.4 is 0 Å². The zero-order valence-electron chi connectivity index (χ0n) is 19.0. The molecule has 0 radical (unpaired) electrons. The quantitative estimate of drug-likeness (QED) is 0.113. The lowest BCUT2D eigenvalue weighted by Crippen LogP contribution is -2.36. The van der Waals surface area contributed by atoms with Crippen molar-refractivity contribution in [1.82, 2.24) is 0 Å². The van der Waals surface area contributed by atoms with Gasteiger partial charge in [-0.1, -0.05) is 64.2 Å². The van der Waals surface area contributed by atoms with Crippen LogP contribution in [0.4, 0.5) is 22.0 Å². The average molecular weight is 495 g/mol. The number of unbranched alkanes of at least 4 members (excludes halogenated alkanes) is 12. The number of hydrogen-bond donors (Lipinski definition) is 1.